The third kappa shape index (κ3) is 6.71. The van der Waals surface area contributed by atoms with Crippen LogP contribution in [0.2, 0.25) is 0 Å². The number of ether oxygens (including phenoxy) is 2. The van der Waals surface area contributed by atoms with Crippen molar-refractivity contribution in [2.45, 2.75) is 54.1 Å². The average Bonchev–Trinajstić information content (AvgIpc) is 3.36. The van der Waals surface area contributed by atoms with Crippen LogP contribution in [0.3, 0.4) is 0 Å². The van der Waals surface area contributed by atoms with Crippen LogP contribution in [0.5, 0.6) is 11.5 Å². The molecule has 8 heteroatoms. The van der Waals surface area contributed by atoms with Crippen molar-refractivity contribution in [1.82, 2.24) is 14.2 Å². The molecule has 0 aliphatic rings. The SMILES string of the molecule is CCOc1cc(C)c(-c2nc3ccccc3c(=O)n2N=Cc2cc(C)n(-c3ccc(OCc4ccc(Br)cc4)cc3)c2C)cc1C(C)C. The molecule has 244 valence electrons. The second-order valence-corrected chi connectivity index (χ2v) is 13.1. The van der Waals surface area contributed by atoms with Gasteiger partial charge in [0.25, 0.3) is 5.56 Å². The van der Waals surface area contributed by atoms with Crippen LogP contribution in [0, 0.1) is 20.8 Å². The largest absolute Gasteiger partial charge is 0.494 e. The molecule has 7 nitrogen and oxygen atoms in total. The van der Waals surface area contributed by atoms with Crippen molar-refractivity contribution < 1.29 is 9.47 Å². The van der Waals surface area contributed by atoms with Crippen molar-refractivity contribution in [2.75, 3.05) is 6.61 Å². The van der Waals surface area contributed by atoms with Gasteiger partial charge >= 0.3 is 0 Å². The van der Waals surface area contributed by atoms with Crippen LogP contribution in [0.25, 0.3) is 28.0 Å². The molecule has 0 unspecified atom stereocenters. The Morgan fingerprint density at radius 2 is 1.65 bits per heavy atom. The van der Waals surface area contributed by atoms with Crippen molar-refractivity contribution in [2.24, 2.45) is 5.10 Å². The number of benzene rings is 4. The molecule has 48 heavy (non-hydrogen) atoms. The van der Waals surface area contributed by atoms with Gasteiger partial charge < -0.3 is 14.0 Å². The van der Waals surface area contributed by atoms with Crippen molar-refractivity contribution in [3.05, 3.63) is 139 Å². The molecular weight excluding hydrogens is 664 g/mol. The van der Waals surface area contributed by atoms with Gasteiger partial charge in [-0.15, -0.1) is 0 Å². The summed E-state index contributed by atoms with van der Waals surface area (Å²) >= 11 is 3.47. The molecule has 0 radical (unpaired) electrons. The fourth-order valence-electron chi connectivity index (χ4n) is 5.95. The molecule has 0 N–H and O–H groups in total. The molecule has 6 aromatic rings. The van der Waals surface area contributed by atoms with E-state index in [1.807, 2.05) is 74.5 Å². The number of rotatable bonds is 10. The van der Waals surface area contributed by atoms with E-state index >= 15 is 0 Å². The highest BCUT2D eigenvalue weighted by Gasteiger charge is 2.19. The molecule has 0 fully saturated rings. The van der Waals surface area contributed by atoms with E-state index in [1.165, 1.54) is 4.68 Å². The minimum absolute atomic E-state index is 0.215. The number of hydrogen-bond acceptors (Lipinski definition) is 5. The monoisotopic (exact) mass is 702 g/mol. The molecule has 0 saturated carbocycles. The van der Waals surface area contributed by atoms with Gasteiger partial charge in [-0.2, -0.15) is 9.78 Å². The number of hydrogen-bond donors (Lipinski definition) is 0. The summed E-state index contributed by atoms with van der Waals surface area (Å²) in [5.41, 5.74) is 8.33. The van der Waals surface area contributed by atoms with E-state index < -0.39 is 0 Å². The highest BCUT2D eigenvalue weighted by atomic mass is 79.9. The van der Waals surface area contributed by atoms with E-state index in [-0.39, 0.29) is 11.5 Å². The zero-order valence-electron chi connectivity index (χ0n) is 28.1. The van der Waals surface area contributed by atoms with Crippen molar-refractivity contribution in [3.8, 4) is 28.6 Å². The molecular formula is C40H39BrN4O3. The van der Waals surface area contributed by atoms with Gasteiger partial charge in [-0.1, -0.05) is 54.0 Å². The fraction of sp³-hybridized carbons (Fsp3) is 0.225. The minimum Gasteiger partial charge on any atom is -0.494 e. The number of fused-ring (bicyclic) bond motifs is 1. The van der Waals surface area contributed by atoms with Crippen LogP contribution in [-0.4, -0.2) is 27.0 Å². The van der Waals surface area contributed by atoms with Gasteiger partial charge in [-0.05, 0) is 117 Å². The molecule has 0 spiro atoms. The van der Waals surface area contributed by atoms with E-state index in [2.05, 4.69) is 72.5 Å². The lowest BCUT2D eigenvalue weighted by atomic mass is 9.96. The Bertz CT molecular complexity index is 2180. The van der Waals surface area contributed by atoms with Gasteiger partial charge in [0.2, 0.25) is 0 Å². The third-order valence-electron chi connectivity index (χ3n) is 8.47. The highest BCUT2D eigenvalue weighted by molar-refractivity contribution is 9.10. The van der Waals surface area contributed by atoms with Crippen LogP contribution >= 0.6 is 15.9 Å². The summed E-state index contributed by atoms with van der Waals surface area (Å²) in [5, 5.41) is 5.32. The first kappa shape index (κ1) is 33.0. The topological polar surface area (TPSA) is 70.6 Å². The highest BCUT2D eigenvalue weighted by Crippen LogP contribution is 2.34. The predicted molar refractivity (Wildman–Crippen MR) is 198 cm³/mol. The first-order valence-corrected chi connectivity index (χ1v) is 16.9. The average molecular weight is 704 g/mol. The van der Waals surface area contributed by atoms with E-state index in [9.17, 15) is 4.79 Å². The number of aryl methyl sites for hydroxylation is 2. The normalized spacial score (nSPS) is 11.6. The molecule has 4 aromatic carbocycles. The molecule has 6 rings (SSSR count). The van der Waals surface area contributed by atoms with Gasteiger partial charge in [0.15, 0.2) is 5.82 Å². The second kappa shape index (κ2) is 14.0. The lowest BCUT2D eigenvalue weighted by molar-refractivity contribution is 0.306. The summed E-state index contributed by atoms with van der Waals surface area (Å²) in [6.45, 7) is 13.5. The lowest BCUT2D eigenvalue weighted by Crippen LogP contribution is -2.21. The lowest BCUT2D eigenvalue weighted by Gasteiger charge is -2.18. The number of nitrogens with zero attached hydrogens (tertiary/aromatic N) is 4. The van der Waals surface area contributed by atoms with Crippen molar-refractivity contribution in [3.63, 3.8) is 0 Å². The molecule has 0 bridgehead atoms. The quantitative estimate of drug-likeness (QED) is 0.133. The second-order valence-electron chi connectivity index (χ2n) is 12.2. The van der Waals surface area contributed by atoms with Gasteiger partial charge in [0.1, 0.15) is 18.1 Å². The van der Waals surface area contributed by atoms with Gasteiger partial charge in [0, 0.05) is 32.7 Å². The number of aromatic nitrogens is 3. The predicted octanol–water partition coefficient (Wildman–Crippen LogP) is 9.53. The van der Waals surface area contributed by atoms with Gasteiger partial charge in [-0.3, -0.25) is 4.79 Å². The Morgan fingerprint density at radius 3 is 2.35 bits per heavy atom. The van der Waals surface area contributed by atoms with E-state index in [4.69, 9.17) is 19.6 Å². The zero-order chi connectivity index (χ0) is 33.9. The van der Waals surface area contributed by atoms with Crippen LogP contribution in [0.15, 0.2) is 105 Å². The zero-order valence-corrected chi connectivity index (χ0v) is 29.7. The third-order valence-corrected chi connectivity index (χ3v) is 9.00. The van der Waals surface area contributed by atoms with E-state index in [0.717, 1.165) is 60.9 Å². The summed E-state index contributed by atoms with van der Waals surface area (Å²) < 4.78 is 16.6. The van der Waals surface area contributed by atoms with Crippen LogP contribution in [0.4, 0.5) is 0 Å². The summed E-state index contributed by atoms with van der Waals surface area (Å²) in [5.74, 6) is 2.35. The fourth-order valence-corrected chi connectivity index (χ4v) is 6.21. The van der Waals surface area contributed by atoms with Gasteiger partial charge in [-0.25, -0.2) is 4.98 Å². The molecule has 0 atom stereocenters. The van der Waals surface area contributed by atoms with Crippen LogP contribution < -0.4 is 15.0 Å². The Morgan fingerprint density at radius 1 is 0.917 bits per heavy atom. The van der Waals surface area contributed by atoms with Crippen LogP contribution in [-0.2, 0) is 6.61 Å². The summed E-state index contributed by atoms with van der Waals surface area (Å²) in [7, 11) is 0. The number of para-hydroxylation sites is 1. The first-order chi connectivity index (χ1) is 23.1. The molecule has 0 amide bonds. The maximum absolute atomic E-state index is 14.0. The maximum Gasteiger partial charge on any atom is 0.282 e. The summed E-state index contributed by atoms with van der Waals surface area (Å²) in [6, 6.07) is 29.8. The molecule has 0 aliphatic carbocycles. The standard InChI is InChI=1S/C40H39BrN4O3/c1-7-47-38-20-26(4)36(22-35(38)25(2)3)39-43-37-11-9-8-10-34(37)40(46)45(39)42-23-30-21-27(5)44(28(30)6)32-16-18-33(19-17-32)48-24-29-12-14-31(41)15-13-29/h8-23,25H,7,24H2,1-6H3. The summed E-state index contributed by atoms with van der Waals surface area (Å²) in [4.78, 5) is 19.0. The Hall–Kier alpha value is -4.95. The van der Waals surface area contributed by atoms with Crippen LogP contribution in [0.1, 0.15) is 60.3 Å². The first-order valence-electron chi connectivity index (χ1n) is 16.1. The van der Waals surface area contributed by atoms with Crippen molar-refractivity contribution >= 4 is 33.0 Å². The smallest absolute Gasteiger partial charge is 0.282 e. The molecule has 2 aromatic heterocycles. The Labute approximate surface area is 289 Å². The maximum atomic E-state index is 14.0. The summed E-state index contributed by atoms with van der Waals surface area (Å²) in [6.07, 6.45) is 1.75. The number of halogens is 1. The Kier molecular flexibility index (Phi) is 9.64. The Balaban J connectivity index is 1.36. The minimum atomic E-state index is -0.223. The molecule has 0 saturated heterocycles. The van der Waals surface area contributed by atoms with E-state index in [0.29, 0.717) is 29.9 Å². The van der Waals surface area contributed by atoms with E-state index in [1.54, 1.807) is 12.3 Å². The molecule has 2 heterocycles. The molecule has 0 aliphatic heterocycles. The van der Waals surface area contributed by atoms with Crippen molar-refractivity contribution in [1.29, 1.82) is 0 Å². The van der Waals surface area contributed by atoms with Gasteiger partial charge in [0.05, 0.1) is 23.7 Å².